The van der Waals surface area contributed by atoms with Crippen LogP contribution in [0.25, 0.3) is 0 Å². The highest BCUT2D eigenvalue weighted by Gasteiger charge is 2.37. The van der Waals surface area contributed by atoms with Gasteiger partial charge in [-0.3, -0.25) is 4.68 Å². The molecule has 0 aliphatic heterocycles. The summed E-state index contributed by atoms with van der Waals surface area (Å²) in [6, 6.07) is 1.91. The smallest absolute Gasteiger partial charge is 0.122 e. The molecule has 1 saturated carbocycles. The van der Waals surface area contributed by atoms with Crippen molar-refractivity contribution in [1.29, 1.82) is 0 Å². The van der Waals surface area contributed by atoms with Crippen LogP contribution in [-0.2, 0) is 5.54 Å². The number of rotatable bonds is 1. The monoisotopic (exact) mass is 146 g/mol. The van der Waals surface area contributed by atoms with Gasteiger partial charge in [-0.1, -0.05) is 5.92 Å². The summed E-state index contributed by atoms with van der Waals surface area (Å²) >= 11 is 0. The van der Waals surface area contributed by atoms with Crippen LogP contribution in [0.15, 0.2) is 18.5 Å². The van der Waals surface area contributed by atoms with E-state index in [0.29, 0.717) is 0 Å². The highest BCUT2D eigenvalue weighted by Crippen LogP contribution is 2.37. The van der Waals surface area contributed by atoms with E-state index in [4.69, 9.17) is 6.42 Å². The molecule has 0 atom stereocenters. The first kappa shape index (κ1) is 6.48. The molecule has 0 spiro atoms. The van der Waals surface area contributed by atoms with Gasteiger partial charge >= 0.3 is 0 Å². The number of hydrogen-bond acceptors (Lipinski definition) is 1. The van der Waals surface area contributed by atoms with Gasteiger partial charge in [-0.15, -0.1) is 6.42 Å². The van der Waals surface area contributed by atoms with Gasteiger partial charge in [-0.05, 0) is 25.3 Å². The highest BCUT2D eigenvalue weighted by atomic mass is 15.3. The highest BCUT2D eigenvalue weighted by molar-refractivity contribution is 5.15. The fraction of sp³-hybridized carbons (Fsp3) is 0.444. The SMILES string of the molecule is C#CC1(n2cccn2)CCC1. The molecule has 0 bridgehead atoms. The fourth-order valence-corrected chi connectivity index (χ4v) is 1.47. The van der Waals surface area contributed by atoms with Gasteiger partial charge < -0.3 is 0 Å². The molecule has 2 heteroatoms. The van der Waals surface area contributed by atoms with Gasteiger partial charge in [0.2, 0.25) is 0 Å². The van der Waals surface area contributed by atoms with Gasteiger partial charge in [0.1, 0.15) is 5.54 Å². The summed E-state index contributed by atoms with van der Waals surface area (Å²) in [5.41, 5.74) is -0.0799. The van der Waals surface area contributed by atoms with Gasteiger partial charge in [0, 0.05) is 12.4 Å². The number of nitrogens with zero attached hydrogens (tertiary/aromatic N) is 2. The van der Waals surface area contributed by atoms with Crippen LogP contribution >= 0.6 is 0 Å². The maximum Gasteiger partial charge on any atom is 0.122 e. The third kappa shape index (κ3) is 0.775. The zero-order valence-electron chi connectivity index (χ0n) is 6.33. The second kappa shape index (κ2) is 2.13. The van der Waals surface area contributed by atoms with Gasteiger partial charge in [0.25, 0.3) is 0 Å². The molecule has 1 aromatic rings. The molecule has 1 aliphatic carbocycles. The molecule has 0 saturated heterocycles. The minimum atomic E-state index is -0.0799. The van der Waals surface area contributed by atoms with E-state index in [1.54, 1.807) is 6.20 Å². The van der Waals surface area contributed by atoms with E-state index in [0.717, 1.165) is 12.8 Å². The molecule has 1 aliphatic rings. The van der Waals surface area contributed by atoms with Crippen LogP contribution in [0.5, 0.6) is 0 Å². The van der Waals surface area contributed by atoms with Crippen LogP contribution in [-0.4, -0.2) is 9.78 Å². The maximum absolute atomic E-state index is 5.45. The molecule has 1 fully saturated rings. The largest absolute Gasteiger partial charge is 0.255 e. The van der Waals surface area contributed by atoms with Crippen LogP contribution in [0, 0.1) is 12.3 Å². The molecule has 0 aromatic carbocycles. The van der Waals surface area contributed by atoms with Crippen LogP contribution in [0.3, 0.4) is 0 Å². The average molecular weight is 146 g/mol. The van der Waals surface area contributed by atoms with Crippen LogP contribution in [0.2, 0.25) is 0 Å². The van der Waals surface area contributed by atoms with E-state index in [9.17, 15) is 0 Å². The maximum atomic E-state index is 5.45. The molecule has 2 rings (SSSR count). The average Bonchev–Trinajstić information content (AvgIpc) is 2.39. The van der Waals surface area contributed by atoms with Crippen LogP contribution < -0.4 is 0 Å². The molecule has 0 amide bonds. The molecule has 56 valence electrons. The standard InChI is InChI=1S/C9H10N2/c1-2-9(5-3-6-9)11-8-4-7-10-11/h1,4,7-8H,3,5-6H2. The zero-order valence-corrected chi connectivity index (χ0v) is 6.33. The van der Waals surface area contributed by atoms with Crippen molar-refractivity contribution >= 4 is 0 Å². The van der Waals surface area contributed by atoms with Gasteiger partial charge in [0.05, 0.1) is 0 Å². The Balaban J connectivity index is 2.34. The normalized spacial score (nSPS) is 20.3. The Morgan fingerprint density at radius 1 is 1.55 bits per heavy atom. The quantitative estimate of drug-likeness (QED) is 0.547. The van der Waals surface area contributed by atoms with E-state index >= 15 is 0 Å². The first-order valence-corrected chi connectivity index (χ1v) is 3.85. The van der Waals surface area contributed by atoms with E-state index in [1.165, 1.54) is 6.42 Å². The lowest BCUT2D eigenvalue weighted by atomic mass is 9.78. The van der Waals surface area contributed by atoms with Crippen LogP contribution in [0.1, 0.15) is 19.3 Å². The Bertz CT molecular complexity index is 275. The lowest BCUT2D eigenvalue weighted by molar-refractivity contribution is 0.200. The Morgan fingerprint density at radius 3 is 2.73 bits per heavy atom. The van der Waals surface area contributed by atoms with Crippen molar-refractivity contribution in [3.63, 3.8) is 0 Å². The molecule has 1 aromatic heterocycles. The first-order valence-electron chi connectivity index (χ1n) is 3.85. The fourth-order valence-electron chi connectivity index (χ4n) is 1.47. The third-order valence-electron chi connectivity index (χ3n) is 2.39. The minimum absolute atomic E-state index is 0.0799. The summed E-state index contributed by atoms with van der Waals surface area (Å²) < 4.78 is 1.90. The van der Waals surface area contributed by atoms with E-state index < -0.39 is 0 Å². The summed E-state index contributed by atoms with van der Waals surface area (Å²) in [6.07, 6.45) is 12.5. The zero-order chi connectivity index (χ0) is 7.73. The van der Waals surface area contributed by atoms with Crippen molar-refractivity contribution < 1.29 is 0 Å². The second-order valence-electron chi connectivity index (χ2n) is 2.98. The van der Waals surface area contributed by atoms with Gasteiger partial charge in [-0.25, -0.2) is 0 Å². The third-order valence-corrected chi connectivity index (χ3v) is 2.39. The number of aromatic nitrogens is 2. The molecule has 1 heterocycles. The summed E-state index contributed by atoms with van der Waals surface area (Å²) in [5.74, 6) is 2.82. The predicted molar refractivity (Wildman–Crippen MR) is 42.9 cm³/mol. The Kier molecular flexibility index (Phi) is 1.25. The molecule has 0 radical (unpaired) electrons. The summed E-state index contributed by atoms with van der Waals surface area (Å²) in [7, 11) is 0. The van der Waals surface area contributed by atoms with Crippen molar-refractivity contribution in [2.24, 2.45) is 0 Å². The molecular weight excluding hydrogens is 136 g/mol. The lowest BCUT2D eigenvalue weighted by Gasteiger charge is -2.37. The van der Waals surface area contributed by atoms with E-state index in [-0.39, 0.29) is 5.54 Å². The van der Waals surface area contributed by atoms with Gasteiger partial charge in [0.15, 0.2) is 0 Å². The topological polar surface area (TPSA) is 17.8 Å². The molecule has 0 unspecified atom stereocenters. The summed E-state index contributed by atoms with van der Waals surface area (Å²) in [6.45, 7) is 0. The van der Waals surface area contributed by atoms with Crippen molar-refractivity contribution in [2.75, 3.05) is 0 Å². The molecule has 2 nitrogen and oxygen atoms in total. The Morgan fingerprint density at radius 2 is 2.36 bits per heavy atom. The Labute approximate surface area is 66.2 Å². The first-order chi connectivity index (χ1) is 5.37. The predicted octanol–water partition coefficient (Wildman–Crippen LogP) is 1.40. The summed E-state index contributed by atoms with van der Waals surface area (Å²) in [5, 5.41) is 4.16. The van der Waals surface area contributed by atoms with E-state index in [2.05, 4.69) is 11.0 Å². The molecule has 0 N–H and O–H groups in total. The molecule has 11 heavy (non-hydrogen) atoms. The van der Waals surface area contributed by atoms with Crippen molar-refractivity contribution in [1.82, 2.24) is 9.78 Å². The molecular formula is C9H10N2. The van der Waals surface area contributed by atoms with Crippen molar-refractivity contribution in [3.8, 4) is 12.3 Å². The number of terminal acetylenes is 1. The van der Waals surface area contributed by atoms with E-state index in [1.807, 2.05) is 16.9 Å². The Hall–Kier alpha value is -1.23. The lowest BCUT2D eigenvalue weighted by Crippen LogP contribution is -2.39. The van der Waals surface area contributed by atoms with Crippen molar-refractivity contribution in [2.45, 2.75) is 24.8 Å². The van der Waals surface area contributed by atoms with Gasteiger partial charge in [-0.2, -0.15) is 5.10 Å². The van der Waals surface area contributed by atoms with Crippen LogP contribution in [0.4, 0.5) is 0 Å². The van der Waals surface area contributed by atoms with Crippen molar-refractivity contribution in [3.05, 3.63) is 18.5 Å². The second-order valence-corrected chi connectivity index (χ2v) is 2.98. The number of hydrogen-bond donors (Lipinski definition) is 0. The minimum Gasteiger partial charge on any atom is -0.255 e. The summed E-state index contributed by atoms with van der Waals surface area (Å²) in [4.78, 5) is 0.